The van der Waals surface area contributed by atoms with Crippen molar-refractivity contribution in [3.63, 3.8) is 0 Å². The molecule has 0 saturated carbocycles. The SMILES string of the molecule is CCCCC1(CCCC)C2=C(C=CCC2)c2ccc(/C(N)=C/C=C(\C)c3cccc(-c4cccc(-c5cccc(-c6ccccc6)c5)c4)c3)cc21. The summed E-state index contributed by atoms with van der Waals surface area (Å²) in [5.74, 6) is 0. The Morgan fingerprint density at radius 3 is 1.86 bits per heavy atom. The average Bonchev–Trinajstić information content (AvgIpc) is 3.47. The molecule has 5 aromatic carbocycles. The summed E-state index contributed by atoms with van der Waals surface area (Å²) in [6.45, 7) is 6.83. The van der Waals surface area contributed by atoms with E-state index in [2.05, 4.69) is 166 Å². The Bertz CT molecular complexity index is 2130. The van der Waals surface area contributed by atoms with Gasteiger partial charge in [0.25, 0.3) is 0 Å². The van der Waals surface area contributed by atoms with Gasteiger partial charge in [-0.3, -0.25) is 0 Å². The fourth-order valence-electron chi connectivity index (χ4n) is 8.32. The molecule has 256 valence electrons. The van der Waals surface area contributed by atoms with E-state index in [0.29, 0.717) is 0 Å². The maximum absolute atomic E-state index is 6.88. The molecule has 51 heavy (non-hydrogen) atoms. The van der Waals surface area contributed by atoms with Crippen molar-refractivity contribution in [2.24, 2.45) is 5.73 Å². The van der Waals surface area contributed by atoms with Crippen molar-refractivity contribution >= 4 is 16.8 Å². The Morgan fingerprint density at radius 1 is 0.627 bits per heavy atom. The van der Waals surface area contributed by atoms with E-state index in [9.17, 15) is 0 Å². The molecule has 0 aliphatic heterocycles. The molecule has 0 bridgehead atoms. The van der Waals surface area contributed by atoms with Crippen LogP contribution < -0.4 is 5.73 Å². The summed E-state index contributed by atoms with van der Waals surface area (Å²) >= 11 is 0. The summed E-state index contributed by atoms with van der Waals surface area (Å²) in [6, 6.07) is 44.2. The number of unbranched alkanes of at least 4 members (excludes halogenated alkanes) is 2. The largest absolute Gasteiger partial charge is 0.398 e. The van der Waals surface area contributed by atoms with Crippen LogP contribution in [-0.2, 0) is 5.41 Å². The molecule has 7 rings (SSSR count). The summed E-state index contributed by atoms with van der Waals surface area (Å²) in [4.78, 5) is 0. The maximum Gasteiger partial charge on any atom is 0.0387 e. The van der Waals surface area contributed by atoms with Gasteiger partial charge in [0.15, 0.2) is 0 Å². The van der Waals surface area contributed by atoms with Gasteiger partial charge >= 0.3 is 0 Å². The van der Waals surface area contributed by atoms with Crippen molar-refractivity contribution in [1.82, 2.24) is 0 Å². The third kappa shape index (κ3) is 7.08. The molecular weight excluding hydrogens is 615 g/mol. The van der Waals surface area contributed by atoms with E-state index < -0.39 is 0 Å². The smallest absolute Gasteiger partial charge is 0.0387 e. The van der Waals surface area contributed by atoms with Crippen LogP contribution in [0.1, 0.15) is 94.4 Å². The van der Waals surface area contributed by atoms with Crippen LogP contribution in [0.15, 0.2) is 151 Å². The molecule has 0 aromatic heterocycles. The molecule has 0 atom stereocenters. The lowest BCUT2D eigenvalue weighted by molar-refractivity contribution is 0.395. The highest BCUT2D eigenvalue weighted by molar-refractivity contribution is 5.88. The Kier molecular flexibility index (Phi) is 10.4. The molecule has 1 heteroatoms. The molecular formula is C50H51N. The van der Waals surface area contributed by atoms with Crippen molar-refractivity contribution < 1.29 is 0 Å². The van der Waals surface area contributed by atoms with E-state index >= 15 is 0 Å². The van der Waals surface area contributed by atoms with Gasteiger partial charge in [0.2, 0.25) is 0 Å². The Hall–Kier alpha value is -5.14. The van der Waals surface area contributed by atoms with Crippen LogP contribution in [0.3, 0.4) is 0 Å². The maximum atomic E-state index is 6.88. The summed E-state index contributed by atoms with van der Waals surface area (Å²) in [7, 11) is 0. The third-order valence-electron chi connectivity index (χ3n) is 11.2. The number of hydrogen-bond donors (Lipinski definition) is 1. The lowest BCUT2D eigenvalue weighted by Crippen LogP contribution is -2.27. The number of allylic oxidation sites excluding steroid dienone is 7. The van der Waals surface area contributed by atoms with Gasteiger partial charge in [-0.25, -0.2) is 0 Å². The average molecular weight is 666 g/mol. The highest BCUT2D eigenvalue weighted by Crippen LogP contribution is 2.55. The molecule has 0 saturated heterocycles. The molecule has 0 spiro atoms. The predicted octanol–water partition coefficient (Wildman–Crippen LogP) is 13.8. The van der Waals surface area contributed by atoms with Gasteiger partial charge in [-0.2, -0.15) is 0 Å². The van der Waals surface area contributed by atoms with Crippen LogP contribution in [0.2, 0.25) is 0 Å². The van der Waals surface area contributed by atoms with Crippen molar-refractivity contribution in [2.45, 2.75) is 77.6 Å². The molecule has 0 radical (unpaired) electrons. The molecule has 0 unspecified atom stereocenters. The zero-order chi connectivity index (χ0) is 35.2. The van der Waals surface area contributed by atoms with E-state index in [4.69, 9.17) is 5.73 Å². The minimum absolute atomic E-state index is 0.145. The van der Waals surface area contributed by atoms with Crippen LogP contribution in [-0.4, -0.2) is 0 Å². The van der Waals surface area contributed by atoms with Gasteiger partial charge in [-0.1, -0.05) is 160 Å². The number of rotatable bonds is 12. The molecule has 1 nitrogen and oxygen atoms in total. The van der Waals surface area contributed by atoms with Gasteiger partial charge in [-0.15, -0.1) is 0 Å². The summed E-state index contributed by atoms with van der Waals surface area (Å²) < 4.78 is 0. The van der Waals surface area contributed by atoms with Gasteiger partial charge in [0.1, 0.15) is 0 Å². The predicted molar refractivity (Wildman–Crippen MR) is 221 cm³/mol. The topological polar surface area (TPSA) is 26.0 Å². The van der Waals surface area contributed by atoms with E-state index in [-0.39, 0.29) is 5.41 Å². The summed E-state index contributed by atoms with van der Waals surface area (Å²) in [6.07, 6.45) is 18.8. The van der Waals surface area contributed by atoms with Crippen LogP contribution >= 0.6 is 0 Å². The summed E-state index contributed by atoms with van der Waals surface area (Å²) in [5, 5.41) is 0. The lowest BCUT2D eigenvalue weighted by atomic mass is 9.68. The second-order valence-electron chi connectivity index (χ2n) is 14.5. The zero-order valence-corrected chi connectivity index (χ0v) is 30.6. The van der Waals surface area contributed by atoms with Gasteiger partial charge in [0, 0.05) is 11.1 Å². The fraction of sp³-hybridized carbons (Fsp3) is 0.240. The molecule has 2 aliphatic carbocycles. The van der Waals surface area contributed by atoms with Gasteiger partial charge < -0.3 is 5.73 Å². The molecule has 0 fully saturated rings. The van der Waals surface area contributed by atoms with E-state index in [1.54, 1.807) is 5.57 Å². The van der Waals surface area contributed by atoms with Crippen molar-refractivity contribution in [3.8, 4) is 33.4 Å². The van der Waals surface area contributed by atoms with Crippen molar-refractivity contribution in [3.05, 3.63) is 173 Å². The monoisotopic (exact) mass is 665 g/mol. The highest BCUT2D eigenvalue weighted by atomic mass is 14.6. The lowest BCUT2D eigenvalue weighted by Gasteiger charge is -2.35. The van der Waals surface area contributed by atoms with Crippen molar-refractivity contribution in [1.29, 1.82) is 0 Å². The van der Waals surface area contributed by atoms with Crippen LogP contribution in [0.5, 0.6) is 0 Å². The number of nitrogens with two attached hydrogens (primary N) is 1. The number of benzene rings is 5. The van der Waals surface area contributed by atoms with E-state index in [0.717, 1.165) is 17.7 Å². The first kappa shape index (κ1) is 34.3. The molecule has 0 heterocycles. The van der Waals surface area contributed by atoms with Gasteiger partial charge in [0.05, 0.1) is 0 Å². The van der Waals surface area contributed by atoms with E-state index in [1.165, 1.54) is 106 Å². The quantitative estimate of drug-likeness (QED) is 0.132. The minimum atomic E-state index is 0.145. The molecule has 0 amide bonds. The molecule has 2 aliphatic rings. The highest BCUT2D eigenvalue weighted by Gasteiger charge is 2.43. The summed E-state index contributed by atoms with van der Waals surface area (Å²) in [5.41, 5.74) is 24.8. The molecule has 5 aromatic rings. The first-order chi connectivity index (χ1) is 25.0. The van der Waals surface area contributed by atoms with E-state index in [1.807, 2.05) is 0 Å². The minimum Gasteiger partial charge on any atom is -0.398 e. The first-order valence-corrected chi connectivity index (χ1v) is 19.1. The fourth-order valence-corrected chi connectivity index (χ4v) is 8.32. The first-order valence-electron chi connectivity index (χ1n) is 19.1. The van der Waals surface area contributed by atoms with Crippen LogP contribution in [0, 0.1) is 0 Å². The Labute approximate surface area is 306 Å². The Balaban J connectivity index is 1.15. The van der Waals surface area contributed by atoms with Gasteiger partial charge in [-0.05, 0) is 130 Å². The standard InChI is InChI=1S/C50H51N/c1-4-6-30-50(31-7-5-2)47-25-12-11-24-45(47)46-28-27-44(35-48(46)50)49(51)29-26-36(3)38-18-13-20-40(32-38)42-22-15-23-43(34-42)41-21-14-19-39(33-41)37-16-9-8-10-17-37/h8-11,13-24,26-29,32-35H,4-7,12,25,30-31,51H2,1-3H3/b36-26+,49-29-. The van der Waals surface area contributed by atoms with Crippen LogP contribution in [0.25, 0.3) is 50.2 Å². The second kappa shape index (κ2) is 15.4. The number of fused-ring (bicyclic) bond motifs is 2. The molecule has 2 N–H and O–H groups in total. The second-order valence-corrected chi connectivity index (χ2v) is 14.5. The van der Waals surface area contributed by atoms with Crippen LogP contribution in [0.4, 0.5) is 0 Å². The Morgan fingerprint density at radius 2 is 1.22 bits per heavy atom. The third-order valence-corrected chi connectivity index (χ3v) is 11.2. The van der Waals surface area contributed by atoms with Crippen molar-refractivity contribution in [2.75, 3.05) is 0 Å². The normalized spacial score (nSPS) is 15.2. The number of hydrogen-bond acceptors (Lipinski definition) is 1. The zero-order valence-electron chi connectivity index (χ0n) is 30.6.